The number of halogens is 3. The Morgan fingerprint density at radius 3 is 1.53 bits per heavy atom. The third-order valence-electron chi connectivity index (χ3n) is 0.854. The predicted octanol–water partition coefficient (Wildman–Crippen LogP) is 1.68. The first kappa shape index (κ1) is 16.2. The molecule has 7 heteroatoms. The summed E-state index contributed by atoms with van der Waals surface area (Å²) in [5, 5.41) is 0. The molecule has 0 aromatic carbocycles. The number of hydrogen-bond acceptors (Lipinski definition) is 4. The lowest BCUT2D eigenvalue weighted by molar-refractivity contribution is -0.199. The molecule has 0 aromatic heterocycles. The molecule has 15 heavy (non-hydrogen) atoms. The van der Waals surface area contributed by atoms with Crippen molar-refractivity contribution in [1.82, 2.24) is 0 Å². The van der Waals surface area contributed by atoms with Gasteiger partial charge < -0.3 is 9.47 Å². The van der Waals surface area contributed by atoms with Crippen LogP contribution in [0.2, 0.25) is 0 Å². The van der Waals surface area contributed by atoms with E-state index in [1.807, 2.05) is 0 Å². The van der Waals surface area contributed by atoms with E-state index in [0.29, 0.717) is 6.61 Å². The largest absolute Gasteiger partial charge is 0.490 e. The highest BCUT2D eigenvalue weighted by Crippen LogP contribution is 2.15. The van der Waals surface area contributed by atoms with Gasteiger partial charge in [-0.15, -0.1) is 0 Å². The molecule has 0 bridgehead atoms. The standard InChI is InChI=1S/C4H5F3O2.C4H8O2/c1-2-9-3(8)4(5,6)7;1-3-6-4(2)5/h2H2,1H3;3H2,1-2H3. The second-order valence-electron chi connectivity index (χ2n) is 2.14. The summed E-state index contributed by atoms with van der Waals surface area (Å²) in [7, 11) is 0. The molecule has 0 radical (unpaired) electrons. The van der Waals surface area contributed by atoms with Crippen LogP contribution < -0.4 is 0 Å². The third kappa shape index (κ3) is 12.7. The van der Waals surface area contributed by atoms with Crippen LogP contribution in [0, 0.1) is 0 Å². The summed E-state index contributed by atoms with van der Waals surface area (Å²) < 4.78 is 41.5. The Bertz CT molecular complexity index is 201. The van der Waals surface area contributed by atoms with Crippen LogP contribution in [-0.2, 0) is 19.1 Å². The van der Waals surface area contributed by atoms with Crippen molar-refractivity contribution in [1.29, 1.82) is 0 Å². The summed E-state index contributed by atoms with van der Waals surface area (Å²) in [6.45, 7) is 4.71. The molecule has 0 atom stereocenters. The molecular weight excluding hydrogens is 217 g/mol. The molecule has 0 N–H and O–H groups in total. The monoisotopic (exact) mass is 230 g/mol. The Morgan fingerprint density at radius 1 is 1.07 bits per heavy atom. The van der Waals surface area contributed by atoms with Gasteiger partial charge in [-0.25, -0.2) is 4.79 Å². The molecule has 0 aliphatic rings. The highest BCUT2D eigenvalue weighted by Gasteiger charge is 2.40. The molecule has 0 saturated heterocycles. The molecule has 0 saturated carbocycles. The van der Waals surface area contributed by atoms with E-state index in [1.54, 1.807) is 6.92 Å². The first-order valence-electron chi connectivity index (χ1n) is 4.13. The molecule has 0 aliphatic heterocycles. The van der Waals surface area contributed by atoms with E-state index in [1.165, 1.54) is 13.8 Å². The molecule has 0 spiro atoms. The topological polar surface area (TPSA) is 52.6 Å². The van der Waals surface area contributed by atoms with E-state index in [2.05, 4.69) is 9.47 Å². The van der Waals surface area contributed by atoms with Crippen molar-refractivity contribution >= 4 is 11.9 Å². The molecule has 0 aliphatic carbocycles. The maximum absolute atomic E-state index is 11.2. The number of alkyl halides is 3. The maximum Gasteiger partial charge on any atom is 0.490 e. The highest BCUT2D eigenvalue weighted by atomic mass is 19.4. The zero-order valence-electron chi connectivity index (χ0n) is 8.68. The molecular formula is C8H13F3O4. The van der Waals surface area contributed by atoms with Gasteiger partial charge in [0.05, 0.1) is 13.2 Å². The van der Waals surface area contributed by atoms with Gasteiger partial charge in [0.25, 0.3) is 0 Å². The average Bonchev–Trinajstić information content (AvgIpc) is 2.03. The number of carbonyl (C=O) groups is 2. The fourth-order valence-corrected chi connectivity index (χ4v) is 0.416. The van der Waals surface area contributed by atoms with Crippen LogP contribution in [0.15, 0.2) is 0 Å². The lowest BCUT2D eigenvalue weighted by Crippen LogP contribution is -2.25. The van der Waals surface area contributed by atoms with Gasteiger partial charge in [0.2, 0.25) is 0 Å². The summed E-state index contributed by atoms with van der Waals surface area (Å²) in [5.41, 5.74) is 0. The summed E-state index contributed by atoms with van der Waals surface area (Å²) in [5.74, 6) is -2.34. The Labute approximate surface area is 85.3 Å². The van der Waals surface area contributed by atoms with E-state index in [4.69, 9.17) is 0 Å². The van der Waals surface area contributed by atoms with Gasteiger partial charge in [-0.3, -0.25) is 4.79 Å². The Hall–Kier alpha value is -1.27. The second-order valence-corrected chi connectivity index (χ2v) is 2.14. The predicted molar refractivity (Wildman–Crippen MR) is 45.0 cm³/mol. The summed E-state index contributed by atoms with van der Waals surface area (Å²) in [4.78, 5) is 19.5. The third-order valence-corrected chi connectivity index (χ3v) is 0.854. The molecule has 0 amide bonds. The van der Waals surface area contributed by atoms with E-state index >= 15 is 0 Å². The summed E-state index contributed by atoms with van der Waals surface area (Å²) >= 11 is 0. The SMILES string of the molecule is CCOC(=O)C(F)(F)F.CCOC(C)=O. The maximum atomic E-state index is 11.2. The molecule has 0 aromatic rings. The van der Waals surface area contributed by atoms with Crippen LogP contribution in [0.3, 0.4) is 0 Å². The minimum absolute atomic E-state index is 0.211. The van der Waals surface area contributed by atoms with Gasteiger partial charge in [0, 0.05) is 6.92 Å². The van der Waals surface area contributed by atoms with Crippen LogP contribution >= 0.6 is 0 Å². The van der Waals surface area contributed by atoms with Crippen LogP contribution in [0.1, 0.15) is 20.8 Å². The van der Waals surface area contributed by atoms with Crippen LogP contribution in [0.4, 0.5) is 13.2 Å². The smallest absolute Gasteiger partial charge is 0.466 e. The van der Waals surface area contributed by atoms with Crippen LogP contribution in [0.5, 0.6) is 0 Å². The van der Waals surface area contributed by atoms with E-state index in [0.717, 1.165) is 0 Å². The molecule has 0 heterocycles. The average molecular weight is 230 g/mol. The van der Waals surface area contributed by atoms with Crippen molar-refractivity contribution in [2.45, 2.75) is 26.9 Å². The second kappa shape index (κ2) is 8.07. The van der Waals surface area contributed by atoms with Crippen molar-refractivity contribution in [3.63, 3.8) is 0 Å². The van der Waals surface area contributed by atoms with Gasteiger partial charge in [-0.2, -0.15) is 13.2 Å². The fourth-order valence-electron chi connectivity index (χ4n) is 0.416. The molecule has 90 valence electrons. The minimum atomic E-state index is -4.85. The van der Waals surface area contributed by atoms with Crippen molar-refractivity contribution in [2.24, 2.45) is 0 Å². The van der Waals surface area contributed by atoms with Gasteiger partial charge in [-0.1, -0.05) is 0 Å². The molecule has 4 nitrogen and oxygen atoms in total. The Kier molecular flexibility index (Phi) is 8.70. The zero-order valence-corrected chi connectivity index (χ0v) is 8.68. The summed E-state index contributed by atoms with van der Waals surface area (Å²) in [6, 6.07) is 0. The number of rotatable bonds is 2. The number of esters is 2. The number of hydrogen-bond donors (Lipinski definition) is 0. The highest BCUT2D eigenvalue weighted by molar-refractivity contribution is 5.75. The van der Waals surface area contributed by atoms with Gasteiger partial charge in [0.15, 0.2) is 0 Å². The van der Waals surface area contributed by atoms with Crippen molar-refractivity contribution < 1.29 is 32.2 Å². The van der Waals surface area contributed by atoms with E-state index in [9.17, 15) is 22.8 Å². The lowest BCUT2D eigenvalue weighted by atomic mass is 10.7. The quantitative estimate of drug-likeness (QED) is 0.677. The Morgan fingerprint density at radius 2 is 1.47 bits per heavy atom. The van der Waals surface area contributed by atoms with Gasteiger partial charge in [0.1, 0.15) is 0 Å². The zero-order chi connectivity index (χ0) is 12.5. The van der Waals surface area contributed by atoms with Crippen LogP contribution in [0.25, 0.3) is 0 Å². The van der Waals surface area contributed by atoms with Crippen molar-refractivity contribution in [3.8, 4) is 0 Å². The molecule has 0 unspecified atom stereocenters. The first-order chi connectivity index (χ1) is 6.75. The first-order valence-corrected chi connectivity index (χ1v) is 4.13. The van der Waals surface area contributed by atoms with Crippen molar-refractivity contribution in [3.05, 3.63) is 0 Å². The van der Waals surface area contributed by atoms with Crippen LogP contribution in [-0.4, -0.2) is 31.3 Å². The van der Waals surface area contributed by atoms with E-state index < -0.39 is 12.1 Å². The lowest BCUT2D eigenvalue weighted by Gasteiger charge is -2.02. The molecule has 0 rings (SSSR count). The fraction of sp³-hybridized carbons (Fsp3) is 0.750. The molecule has 0 fully saturated rings. The van der Waals surface area contributed by atoms with Gasteiger partial charge in [-0.05, 0) is 13.8 Å². The summed E-state index contributed by atoms with van der Waals surface area (Å²) in [6.07, 6.45) is -4.85. The van der Waals surface area contributed by atoms with Gasteiger partial charge >= 0.3 is 18.1 Å². The minimum Gasteiger partial charge on any atom is -0.466 e. The van der Waals surface area contributed by atoms with Crippen molar-refractivity contribution in [2.75, 3.05) is 13.2 Å². The van der Waals surface area contributed by atoms with E-state index in [-0.39, 0.29) is 12.6 Å². The number of carbonyl (C=O) groups excluding carboxylic acids is 2. The number of ether oxygens (including phenoxy) is 2. The normalized spacial score (nSPS) is 9.73. The Balaban J connectivity index is 0.